The summed E-state index contributed by atoms with van der Waals surface area (Å²) in [5, 5.41) is 17.6. The summed E-state index contributed by atoms with van der Waals surface area (Å²) in [4.78, 5) is 26.4. The van der Waals surface area contributed by atoms with Crippen molar-refractivity contribution in [2.75, 3.05) is 57.4 Å². The van der Waals surface area contributed by atoms with Gasteiger partial charge >= 0.3 is 0 Å². The molecule has 3 aliphatic rings. The lowest BCUT2D eigenvalue weighted by Crippen LogP contribution is -2.47. The van der Waals surface area contributed by atoms with E-state index in [4.69, 9.17) is 9.47 Å². The minimum atomic E-state index is -0.764. The first-order valence-electron chi connectivity index (χ1n) is 13.8. The first-order chi connectivity index (χ1) is 18.1. The van der Waals surface area contributed by atoms with Crippen LogP contribution in [0.4, 0.5) is 0 Å². The maximum absolute atomic E-state index is 12.1. The van der Waals surface area contributed by atoms with Gasteiger partial charge in [-0.2, -0.15) is 0 Å². The molecule has 3 aliphatic heterocycles. The van der Waals surface area contributed by atoms with E-state index >= 15 is 0 Å². The number of amides is 2. The summed E-state index contributed by atoms with van der Waals surface area (Å²) < 4.78 is 11.4. The lowest BCUT2D eigenvalue weighted by molar-refractivity contribution is -0.189. The molecule has 0 spiro atoms. The Hall–Kier alpha value is 0.180. The van der Waals surface area contributed by atoms with E-state index < -0.39 is 12.4 Å². The van der Waals surface area contributed by atoms with E-state index in [9.17, 15) is 14.7 Å². The Morgan fingerprint density at radius 2 is 1.62 bits per heavy atom. The summed E-state index contributed by atoms with van der Waals surface area (Å²) in [6.45, 7) is 3.63. The van der Waals surface area contributed by atoms with Gasteiger partial charge in [-0.05, 0) is 38.5 Å². The van der Waals surface area contributed by atoms with E-state index in [0.29, 0.717) is 32.5 Å². The molecule has 4 atom stereocenters. The van der Waals surface area contributed by atoms with Crippen LogP contribution in [-0.4, -0.2) is 102 Å². The fourth-order valence-corrected chi connectivity index (χ4v) is 10.5. The zero-order chi connectivity index (χ0) is 26.1. The van der Waals surface area contributed by atoms with Crippen LogP contribution in [0.15, 0.2) is 0 Å². The standard InChI is InChI=1S/C25H45N3O5S4/c29-20(17-27-24(31)8-4-2-6-22-10-16-35-37-22)19-33-25-18-28(13-14-32-25)12-11-26-23(30)7-3-1-5-21-9-15-34-36-21/h20-22,25,29H,1-19H2,(H,26,30)(H,27,31). The van der Waals surface area contributed by atoms with Crippen LogP contribution in [0.1, 0.15) is 64.2 Å². The SMILES string of the molecule is O=C(CCCCC1CCSS1)NCCN1CCOC(OCC(O)CNC(=O)CCCCC2CCSS2)C1. The van der Waals surface area contributed by atoms with Crippen molar-refractivity contribution in [3.63, 3.8) is 0 Å². The normalized spacial score (nSPS) is 25.3. The van der Waals surface area contributed by atoms with Crippen LogP contribution in [0, 0.1) is 0 Å². The van der Waals surface area contributed by atoms with Gasteiger partial charge < -0.3 is 25.2 Å². The van der Waals surface area contributed by atoms with Crippen LogP contribution in [0.3, 0.4) is 0 Å². The van der Waals surface area contributed by atoms with Crippen molar-refractivity contribution < 1.29 is 24.2 Å². The molecule has 3 saturated heterocycles. The predicted molar refractivity (Wildman–Crippen MR) is 158 cm³/mol. The Kier molecular flexibility index (Phi) is 16.5. The third-order valence-electron chi connectivity index (χ3n) is 6.69. The van der Waals surface area contributed by atoms with Crippen LogP contribution in [0.25, 0.3) is 0 Å². The number of aliphatic hydroxyl groups excluding tert-OH is 1. The van der Waals surface area contributed by atoms with Crippen molar-refractivity contribution >= 4 is 55.0 Å². The smallest absolute Gasteiger partial charge is 0.220 e. The quantitative estimate of drug-likeness (QED) is 0.161. The molecule has 0 aromatic rings. The maximum atomic E-state index is 12.1. The number of nitrogens with one attached hydrogen (secondary N) is 2. The molecule has 0 saturated carbocycles. The Labute approximate surface area is 238 Å². The molecule has 0 radical (unpaired) electrons. The summed E-state index contributed by atoms with van der Waals surface area (Å²) in [6.07, 6.45) is 9.00. The van der Waals surface area contributed by atoms with Crippen LogP contribution in [-0.2, 0) is 19.1 Å². The van der Waals surface area contributed by atoms with Gasteiger partial charge in [0.05, 0.1) is 19.3 Å². The van der Waals surface area contributed by atoms with Crippen molar-refractivity contribution in [2.24, 2.45) is 0 Å². The van der Waals surface area contributed by atoms with Crippen LogP contribution in [0.2, 0.25) is 0 Å². The van der Waals surface area contributed by atoms with Crippen molar-refractivity contribution in [2.45, 2.75) is 87.1 Å². The summed E-state index contributed by atoms with van der Waals surface area (Å²) in [7, 11) is 7.91. The average molecular weight is 596 g/mol. The highest BCUT2D eigenvalue weighted by Crippen LogP contribution is 2.40. The predicted octanol–water partition coefficient (Wildman–Crippen LogP) is 3.68. The average Bonchev–Trinajstić information content (AvgIpc) is 3.62. The number of aliphatic hydroxyl groups is 1. The minimum absolute atomic E-state index is 0.0124. The van der Waals surface area contributed by atoms with Gasteiger partial charge in [-0.1, -0.05) is 56.0 Å². The topological polar surface area (TPSA) is 100 Å². The molecule has 37 heavy (non-hydrogen) atoms. The molecule has 0 aromatic heterocycles. The number of unbranched alkanes of at least 4 members (excludes halogenated alkanes) is 2. The van der Waals surface area contributed by atoms with Gasteiger partial charge in [-0.25, -0.2) is 0 Å². The molecular formula is C25H45N3O5S4. The van der Waals surface area contributed by atoms with E-state index in [2.05, 4.69) is 15.5 Å². The zero-order valence-electron chi connectivity index (χ0n) is 21.9. The molecule has 3 fully saturated rings. The Morgan fingerprint density at radius 3 is 2.24 bits per heavy atom. The van der Waals surface area contributed by atoms with Gasteiger partial charge in [0, 0.05) is 67.6 Å². The maximum Gasteiger partial charge on any atom is 0.220 e. The molecule has 3 N–H and O–H groups in total. The molecule has 4 unspecified atom stereocenters. The third kappa shape index (κ3) is 14.4. The van der Waals surface area contributed by atoms with Gasteiger partial charge in [-0.3, -0.25) is 14.5 Å². The van der Waals surface area contributed by atoms with Crippen molar-refractivity contribution in [1.29, 1.82) is 0 Å². The van der Waals surface area contributed by atoms with Crippen molar-refractivity contribution in [3.8, 4) is 0 Å². The molecule has 0 aliphatic carbocycles. The van der Waals surface area contributed by atoms with Gasteiger partial charge in [0.1, 0.15) is 0 Å². The molecule has 214 valence electrons. The fraction of sp³-hybridized carbons (Fsp3) is 0.920. The second-order valence-corrected chi connectivity index (χ2v) is 15.5. The van der Waals surface area contributed by atoms with Gasteiger partial charge in [0.15, 0.2) is 6.29 Å². The number of nitrogens with zero attached hydrogens (tertiary/aromatic N) is 1. The highest BCUT2D eigenvalue weighted by molar-refractivity contribution is 8.77. The molecule has 2 amide bonds. The van der Waals surface area contributed by atoms with Crippen molar-refractivity contribution in [3.05, 3.63) is 0 Å². The van der Waals surface area contributed by atoms with E-state index in [1.807, 2.05) is 43.2 Å². The second-order valence-electron chi connectivity index (χ2n) is 9.89. The second kappa shape index (κ2) is 19.3. The van der Waals surface area contributed by atoms with E-state index in [1.165, 1.54) is 37.2 Å². The van der Waals surface area contributed by atoms with Crippen LogP contribution >= 0.6 is 43.2 Å². The highest BCUT2D eigenvalue weighted by atomic mass is 33.1. The van der Waals surface area contributed by atoms with Crippen LogP contribution in [0.5, 0.6) is 0 Å². The molecule has 8 nitrogen and oxygen atoms in total. The van der Waals surface area contributed by atoms with E-state index in [0.717, 1.165) is 49.3 Å². The lowest BCUT2D eigenvalue weighted by Gasteiger charge is -2.33. The highest BCUT2D eigenvalue weighted by Gasteiger charge is 2.22. The summed E-state index contributed by atoms with van der Waals surface area (Å²) in [5.74, 6) is 2.63. The largest absolute Gasteiger partial charge is 0.389 e. The summed E-state index contributed by atoms with van der Waals surface area (Å²) in [6, 6.07) is 0. The molecule has 3 rings (SSSR count). The molecule has 3 heterocycles. The Bertz CT molecular complexity index is 654. The molecule has 12 heteroatoms. The lowest BCUT2D eigenvalue weighted by atomic mass is 10.1. The number of ether oxygens (including phenoxy) is 2. The van der Waals surface area contributed by atoms with Gasteiger partial charge in [0.25, 0.3) is 0 Å². The summed E-state index contributed by atoms with van der Waals surface area (Å²) in [5.41, 5.74) is 0. The number of hydrogen-bond donors (Lipinski definition) is 3. The number of carbonyl (C=O) groups is 2. The van der Waals surface area contributed by atoms with Gasteiger partial charge in [-0.15, -0.1) is 0 Å². The fourth-order valence-electron chi connectivity index (χ4n) is 4.46. The van der Waals surface area contributed by atoms with Crippen molar-refractivity contribution in [1.82, 2.24) is 15.5 Å². The monoisotopic (exact) mass is 595 g/mol. The van der Waals surface area contributed by atoms with E-state index in [-0.39, 0.29) is 25.0 Å². The molecule has 0 bridgehead atoms. The zero-order valence-corrected chi connectivity index (χ0v) is 25.2. The third-order valence-corrected chi connectivity index (χ3v) is 12.7. The van der Waals surface area contributed by atoms with Gasteiger partial charge in [0.2, 0.25) is 11.8 Å². The minimum Gasteiger partial charge on any atom is -0.389 e. The van der Waals surface area contributed by atoms with Crippen LogP contribution < -0.4 is 10.6 Å². The first kappa shape index (κ1) is 31.7. The first-order valence-corrected chi connectivity index (χ1v) is 18.6. The Balaban J connectivity index is 1.14. The van der Waals surface area contributed by atoms with E-state index in [1.54, 1.807) is 0 Å². The molecule has 0 aromatic carbocycles. The Morgan fingerprint density at radius 1 is 0.973 bits per heavy atom. The number of morpholine rings is 1. The number of carbonyl (C=O) groups excluding carboxylic acids is 2. The number of hydrogen-bond acceptors (Lipinski definition) is 10. The molecular weight excluding hydrogens is 551 g/mol. The summed E-state index contributed by atoms with van der Waals surface area (Å²) >= 11 is 0. The number of rotatable bonds is 18.